The fourth-order valence-corrected chi connectivity index (χ4v) is 2.24. The van der Waals surface area contributed by atoms with E-state index in [4.69, 9.17) is 0 Å². The highest BCUT2D eigenvalue weighted by Gasteiger charge is 2.11. The zero-order valence-electron chi connectivity index (χ0n) is 10.8. The first-order chi connectivity index (χ1) is 8.58. The molecule has 0 fully saturated rings. The van der Waals surface area contributed by atoms with Crippen LogP contribution in [-0.2, 0) is 13.6 Å². The molecule has 0 radical (unpaired) electrons. The average Bonchev–Trinajstić information content (AvgIpc) is 2.67. The van der Waals surface area contributed by atoms with Crippen molar-refractivity contribution in [1.82, 2.24) is 20.1 Å². The molecule has 1 unspecified atom stereocenters. The lowest BCUT2D eigenvalue weighted by Crippen LogP contribution is -2.19. The summed E-state index contributed by atoms with van der Waals surface area (Å²) in [5.74, 6) is 0. The summed E-state index contributed by atoms with van der Waals surface area (Å²) in [4.78, 5) is 4.40. The number of aromatic nitrogens is 3. The third kappa shape index (κ3) is 2.97. The highest BCUT2D eigenvalue weighted by molar-refractivity contribution is 9.10. The fraction of sp³-hybridized carbons (Fsp3) is 0.385. The van der Waals surface area contributed by atoms with E-state index in [9.17, 15) is 0 Å². The lowest BCUT2D eigenvalue weighted by molar-refractivity contribution is 0.563. The first-order valence-electron chi connectivity index (χ1n) is 5.91. The maximum atomic E-state index is 4.40. The smallest absolute Gasteiger partial charge is 0.106 e. The first kappa shape index (κ1) is 13.2. The van der Waals surface area contributed by atoms with Gasteiger partial charge in [-0.2, -0.15) is 5.10 Å². The van der Waals surface area contributed by atoms with E-state index in [1.54, 1.807) is 0 Å². The first-order valence-corrected chi connectivity index (χ1v) is 6.70. The van der Waals surface area contributed by atoms with Crippen molar-refractivity contribution < 1.29 is 0 Å². The topological polar surface area (TPSA) is 42.7 Å². The molecule has 2 aromatic heterocycles. The van der Waals surface area contributed by atoms with Gasteiger partial charge in [0.05, 0.1) is 11.9 Å². The van der Waals surface area contributed by atoms with Crippen molar-refractivity contribution in [1.29, 1.82) is 0 Å². The van der Waals surface area contributed by atoms with E-state index in [0.717, 1.165) is 16.8 Å². The van der Waals surface area contributed by atoms with Crippen LogP contribution >= 0.6 is 15.9 Å². The summed E-state index contributed by atoms with van der Waals surface area (Å²) in [6, 6.07) is 6.20. The molecule has 0 saturated carbocycles. The number of aryl methyl sites for hydroxylation is 1. The monoisotopic (exact) mass is 308 g/mol. The van der Waals surface area contributed by atoms with Crippen LogP contribution in [0.2, 0.25) is 0 Å². The van der Waals surface area contributed by atoms with Gasteiger partial charge in [-0.3, -0.25) is 4.68 Å². The van der Waals surface area contributed by atoms with Gasteiger partial charge in [0.25, 0.3) is 0 Å². The van der Waals surface area contributed by atoms with E-state index >= 15 is 0 Å². The molecule has 0 spiro atoms. The Morgan fingerprint density at radius 2 is 2.22 bits per heavy atom. The molecule has 0 aromatic carbocycles. The highest BCUT2D eigenvalue weighted by atomic mass is 79.9. The maximum absolute atomic E-state index is 4.40. The van der Waals surface area contributed by atoms with Crippen LogP contribution < -0.4 is 5.32 Å². The van der Waals surface area contributed by atoms with E-state index in [1.165, 1.54) is 11.3 Å². The predicted molar refractivity (Wildman–Crippen MR) is 75.1 cm³/mol. The molecule has 1 atom stereocenters. The Hall–Kier alpha value is -1.20. The Kier molecular flexibility index (Phi) is 4.14. The largest absolute Gasteiger partial charge is 0.304 e. The summed E-state index contributed by atoms with van der Waals surface area (Å²) in [5, 5.41) is 7.72. The molecule has 2 aromatic rings. The van der Waals surface area contributed by atoms with Crippen LogP contribution in [0.1, 0.15) is 29.9 Å². The molecular weight excluding hydrogens is 292 g/mol. The molecular formula is C13H17BrN4. The molecule has 0 aliphatic carbocycles. The summed E-state index contributed by atoms with van der Waals surface area (Å²) in [5.41, 5.74) is 3.45. The van der Waals surface area contributed by atoms with Crippen molar-refractivity contribution in [3.63, 3.8) is 0 Å². The number of nitrogens with zero attached hydrogens (tertiary/aromatic N) is 3. The number of nitrogens with one attached hydrogen (secondary N) is 1. The van der Waals surface area contributed by atoms with Gasteiger partial charge >= 0.3 is 0 Å². The molecule has 0 saturated heterocycles. The summed E-state index contributed by atoms with van der Waals surface area (Å²) in [7, 11) is 1.96. The van der Waals surface area contributed by atoms with E-state index in [2.05, 4.69) is 45.2 Å². The van der Waals surface area contributed by atoms with E-state index in [0.29, 0.717) is 0 Å². The third-order valence-corrected chi connectivity index (χ3v) is 3.54. The Labute approximate surface area is 116 Å². The summed E-state index contributed by atoms with van der Waals surface area (Å²) in [6.45, 7) is 4.97. The normalized spacial score (nSPS) is 12.7. The molecule has 2 heterocycles. The summed E-state index contributed by atoms with van der Waals surface area (Å²) < 4.78 is 2.76. The molecule has 0 aliphatic rings. The quantitative estimate of drug-likeness (QED) is 0.883. The van der Waals surface area contributed by atoms with Gasteiger partial charge in [-0.05, 0) is 41.9 Å². The molecule has 4 nitrogen and oxygen atoms in total. The van der Waals surface area contributed by atoms with Crippen molar-refractivity contribution in [3.05, 3.63) is 46.0 Å². The lowest BCUT2D eigenvalue weighted by Gasteiger charge is -2.13. The third-order valence-electron chi connectivity index (χ3n) is 3.10. The van der Waals surface area contributed by atoms with Crippen LogP contribution in [-0.4, -0.2) is 14.8 Å². The molecule has 2 rings (SSSR count). The van der Waals surface area contributed by atoms with E-state index < -0.39 is 0 Å². The van der Waals surface area contributed by atoms with Gasteiger partial charge in [0.2, 0.25) is 0 Å². The highest BCUT2D eigenvalue weighted by Crippen LogP contribution is 2.16. The molecule has 0 aliphatic heterocycles. The second-order valence-electron chi connectivity index (χ2n) is 4.36. The Bertz CT molecular complexity index is 536. The van der Waals surface area contributed by atoms with Crippen LogP contribution in [0.4, 0.5) is 0 Å². The average molecular weight is 309 g/mol. The SMILES string of the molecule is Cc1c(C(C)NCc2cccc(Br)n2)cnn1C. The predicted octanol–water partition coefficient (Wildman–Crippen LogP) is 2.74. The Morgan fingerprint density at radius 3 is 2.83 bits per heavy atom. The number of hydrogen-bond donors (Lipinski definition) is 1. The van der Waals surface area contributed by atoms with Gasteiger partial charge in [-0.15, -0.1) is 0 Å². The van der Waals surface area contributed by atoms with E-state index in [1.807, 2.05) is 36.1 Å². The minimum absolute atomic E-state index is 0.263. The molecule has 0 amide bonds. The van der Waals surface area contributed by atoms with Gasteiger partial charge < -0.3 is 5.32 Å². The summed E-state index contributed by atoms with van der Waals surface area (Å²) >= 11 is 3.38. The lowest BCUT2D eigenvalue weighted by atomic mass is 10.1. The van der Waals surface area contributed by atoms with E-state index in [-0.39, 0.29) is 6.04 Å². The zero-order valence-corrected chi connectivity index (χ0v) is 12.4. The van der Waals surface area contributed by atoms with Crippen molar-refractivity contribution >= 4 is 15.9 Å². The van der Waals surface area contributed by atoms with Crippen molar-refractivity contribution in [2.75, 3.05) is 0 Å². The van der Waals surface area contributed by atoms with Crippen LogP contribution in [0.25, 0.3) is 0 Å². The summed E-state index contributed by atoms with van der Waals surface area (Å²) in [6.07, 6.45) is 1.92. The molecule has 1 N–H and O–H groups in total. The van der Waals surface area contributed by atoms with Crippen LogP contribution in [0.3, 0.4) is 0 Å². The number of pyridine rings is 1. The zero-order chi connectivity index (χ0) is 13.1. The van der Waals surface area contributed by atoms with Crippen LogP contribution in [0.15, 0.2) is 29.0 Å². The molecule has 18 heavy (non-hydrogen) atoms. The van der Waals surface area contributed by atoms with Gasteiger partial charge in [0, 0.05) is 30.9 Å². The van der Waals surface area contributed by atoms with Gasteiger partial charge in [0.15, 0.2) is 0 Å². The second kappa shape index (κ2) is 5.63. The fourth-order valence-electron chi connectivity index (χ4n) is 1.86. The minimum atomic E-state index is 0.263. The Morgan fingerprint density at radius 1 is 1.44 bits per heavy atom. The van der Waals surface area contributed by atoms with Crippen LogP contribution in [0, 0.1) is 6.92 Å². The Balaban J connectivity index is 2.00. The molecule has 96 valence electrons. The standard InChI is InChI=1S/C13H17BrN4/c1-9(12-8-16-18(3)10(12)2)15-7-11-5-4-6-13(14)17-11/h4-6,8-9,15H,7H2,1-3H3. The van der Waals surface area contributed by atoms with Gasteiger partial charge in [-0.25, -0.2) is 4.98 Å². The van der Waals surface area contributed by atoms with Gasteiger partial charge in [-0.1, -0.05) is 6.07 Å². The van der Waals surface area contributed by atoms with Crippen molar-refractivity contribution in [2.45, 2.75) is 26.4 Å². The maximum Gasteiger partial charge on any atom is 0.106 e. The second-order valence-corrected chi connectivity index (χ2v) is 5.18. The number of rotatable bonds is 4. The molecule has 0 bridgehead atoms. The van der Waals surface area contributed by atoms with Crippen LogP contribution in [0.5, 0.6) is 0 Å². The number of halogens is 1. The minimum Gasteiger partial charge on any atom is -0.304 e. The van der Waals surface area contributed by atoms with Crippen molar-refractivity contribution in [2.24, 2.45) is 7.05 Å². The van der Waals surface area contributed by atoms with Gasteiger partial charge in [0.1, 0.15) is 4.60 Å². The number of hydrogen-bond acceptors (Lipinski definition) is 3. The molecule has 5 heteroatoms. The van der Waals surface area contributed by atoms with Crippen molar-refractivity contribution in [3.8, 4) is 0 Å².